The molecule has 21 heavy (non-hydrogen) atoms. The number of sulfonamides is 1. The van der Waals surface area contributed by atoms with Crippen LogP contribution < -0.4 is 4.72 Å². The summed E-state index contributed by atoms with van der Waals surface area (Å²) in [4.78, 5) is 0.248. The number of nitrogens with one attached hydrogen (secondary N) is 1. The van der Waals surface area contributed by atoms with Crippen molar-refractivity contribution in [1.29, 1.82) is 0 Å². The highest BCUT2D eigenvalue weighted by atomic mass is 32.2. The molecule has 2 aromatic rings. The second-order valence-electron chi connectivity index (χ2n) is 5.30. The Morgan fingerprint density at radius 3 is 2.19 bits per heavy atom. The van der Waals surface area contributed by atoms with Crippen LogP contribution >= 0.6 is 0 Å². The Morgan fingerprint density at radius 1 is 1.00 bits per heavy atom. The quantitative estimate of drug-likeness (QED) is 0.921. The van der Waals surface area contributed by atoms with Crippen molar-refractivity contribution in [2.75, 3.05) is 0 Å². The van der Waals surface area contributed by atoms with Crippen molar-refractivity contribution >= 4 is 10.0 Å². The van der Waals surface area contributed by atoms with E-state index >= 15 is 0 Å². The van der Waals surface area contributed by atoms with E-state index in [1.54, 1.807) is 42.5 Å². The summed E-state index contributed by atoms with van der Waals surface area (Å²) in [7, 11) is -3.57. The second-order valence-corrected chi connectivity index (χ2v) is 7.01. The Bertz CT molecular complexity index is 710. The average molecular weight is 305 g/mol. The van der Waals surface area contributed by atoms with Crippen molar-refractivity contribution in [2.24, 2.45) is 5.92 Å². The van der Waals surface area contributed by atoms with Crippen LogP contribution in [0.3, 0.4) is 0 Å². The molecule has 1 unspecified atom stereocenters. The lowest BCUT2D eigenvalue weighted by Crippen LogP contribution is -2.30. The molecule has 5 heteroatoms. The Labute approximate surface area is 123 Å². The van der Waals surface area contributed by atoms with Gasteiger partial charge in [-0.15, -0.1) is 0 Å². The lowest BCUT2D eigenvalue weighted by atomic mass is 10.0. The fourth-order valence-corrected chi connectivity index (χ4v) is 3.69. The Hall–Kier alpha value is -1.72. The van der Waals surface area contributed by atoms with E-state index in [0.29, 0.717) is 0 Å². The maximum Gasteiger partial charge on any atom is 0.241 e. The zero-order valence-corrected chi connectivity index (χ0v) is 12.2. The van der Waals surface area contributed by atoms with Crippen molar-refractivity contribution in [3.8, 4) is 0 Å². The van der Waals surface area contributed by atoms with E-state index in [0.717, 1.165) is 18.4 Å². The molecule has 0 heterocycles. The van der Waals surface area contributed by atoms with Gasteiger partial charge < -0.3 is 0 Å². The van der Waals surface area contributed by atoms with Gasteiger partial charge in [-0.05, 0) is 48.6 Å². The van der Waals surface area contributed by atoms with Crippen LogP contribution in [-0.4, -0.2) is 8.42 Å². The van der Waals surface area contributed by atoms with Gasteiger partial charge in [-0.25, -0.2) is 17.5 Å². The average Bonchev–Trinajstić information content (AvgIpc) is 3.31. The van der Waals surface area contributed by atoms with Crippen LogP contribution in [0.25, 0.3) is 0 Å². The summed E-state index contributed by atoms with van der Waals surface area (Å²) in [6.45, 7) is 0. The molecule has 0 bridgehead atoms. The van der Waals surface area contributed by atoms with Gasteiger partial charge in [-0.2, -0.15) is 0 Å². The van der Waals surface area contributed by atoms with E-state index in [9.17, 15) is 12.8 Å². The smallest absolute Gasteiger partial charge is 0.207 e. The summed E-state index contributed by atoms with van der Waals surface area (Å²) < 4.78 is 40.6. The topological polar surface area (TPSA) is 46.2 Å². The molecule has 1 saturated carbocycles. The minimum atomic E-state index is -3.57. The number of hydrogen-bond donors (Lipinski definition) is 1. The molecule has 1 aliphatic rings. The van der Waals surface area contributed by atoms with Crippen molar-refractivity contribution in [3.05, 3.63) is 66.0 Å². The molecule has 0 aliphatic heterocycles. The predicted molar refractivity (Wildman–Crippen MR) is 78.6 cm³/mol. The van der Waals surface area contributed by atoms with Crippen LogP contribution in [-0.2, 0) is 10.0 Å². The Kier molecular flexibility index (Phi) is 3.78. The fourth-order valence-electron chi connectivity index (χ4n) is 2.37. The third kappa shape index (κ3) is 3.31. The van der Waals surface area contributed by atoms with E-state index in [2.05, 4.69) is 4.72 Å². The first kappa shape index (κ1) is 14.2. The predicted octanol–water partition coefficient (Wildman–Crippen LogP) is 3.26. The molecule has 1 fully saturated rings. The van der Waals surface area contributed by atoms with Crippen LogP contribution in [0, 0.1) is 11.7 Å². The largest absolute Gasteiger partial charge is 0.241 e. The molecule has 0 aromatic heterocycles. The molecular formula is C16H16FNO2S. The third-order valence-corrected chi connectivity index (χ3v) is 5.12. The van der Waals surface area contributed by atoms with Gasteiger partial charge >= 0.3 is 0 Å². The molecule has 3 rings (SSSR count). The molecule has 0 saturated heterocycles. The van der Waals surface area contributed by atoms with E-state index in [1.165, 1.54) is 12.1 Å². The molecule has 1 aliphatic carbocycles. The lowest BCUT2D eigenvalue weighted by Gasteiger charge is -2.19. The Balaban J connectivity index is 1.88. The van der Waals surface area contributed by atoms with Gasteiger partial charge in [0.15, 0.2) is 0 Å². The summed E-state index contributed by atoms with van der Waals surface area (Å²) in [6, 6.07) is 14.0. The number of hydrogen-bond acceptors (Lipinski definition) is 2. The summed E-state index contributed by atoms with van der Waals surface area (Å²) >= 11 is 0. The summed E-state index contributed by atoms with van der Waals surface area (Å²) in [5, 5.41) is 0. The monoisotopic (exact) mass is 305 g/mol. The van der Waals surface area contributed by atoms with Crippen molar-refractivity contribution < 1.29 is 12.8 Å². The van der Waals surface area contributed by atoms with Crippen LogP contribution in [0.1, 0.15) is 24.4 Å². The van der Waals surface area contributed by atoms with Crippen molar-refractivity contribution in [1.82, 2.24) is 4.72 Å². The maximum absolute atomic E-state index is 13.0. The Morgan fingerprint density at radius 2 is 1.62 bits per heavy atom. The minimum Gasteiger partial charge on any atom is -0.207 e. The van der Waals surface area contributed by atoms with E-state index in [1.807, 2.05) is 0 Å². The highest BCUT2D eigenvalue weighted by Crippen LogP contribution is 2.41. The van der Waals surface area contributed by atoms with Gasteiger partial charge in [0.2, 0.25) is 10.0 Å². The first-order chi connectivity index (χ1) is 10.1. The SMILES string of the molecule is O=S(=O)(NC(c1ccc(F)cc1)C1CC1)c1ccccc1. The van der Waals surface area contributed by atoms with Crippen LogP contribution in [0.15, 0.2) is 59.5 Å². The van der Waals surface area contributed by atoms with Crippen LogP contribution in [0.5, 0.6) is 0 Å². The number of benzene rings is 2. The van der Waals surface area contributed by atoms with E-state index in [-0.39, 0.29) is 22.7 Å². The lowest BCUT2D eigenvalue weighted by molar-refractivity contribution is 0.528. The molecule has 1 N–H and O–H groups in total. The van der Waals surface area contributed by atoms with Crippen LogP contribution in [0.2, 0.25) is 0 Å². The molecule has 3 nitrogen and oxygen atoms in total. The van der Waals surface area contributed by atoms with Crippen molar-refractivity contribution in [2.45, 2.75) is 23.8 Å². The standard InChI is InChI=1S/C16H16FNO2S/c17-14-10-8-13(9-11-14)16(12-6-7-12)18-21(19,20)15-4-2-1-3-5-15/h1-5,8-12,16,18H,6-7H2. The van der Waals surface area contributed by atoms with Gasteiger partial charge in [0.25, 0.3) is 0 Å². The summed E-state index contributed by atoms with van der Waals surface area (Å²) in [5.41, 5.74) is 0.804. The highest BCUT2D eigenvalue weighted by Gasteiger charge is 2.35. The van der Waals surface area contributed by atoms with E-state index < -0.39 is 10.0 Å². The number of rotatable bonds is 5. The zero-order valence-electron chi connectivity index (χ0n) is 11.4. The summed E-state index contributed by atoms with van der Waals surface area (Å²) in [6.07, 6.45) is 1.97. The summed E-state index contributed by atoms with van der Waals surface area (Å²) in [5.74, 6) is -0.0341. The minimum absolute atomic E-state index is 0.248. The van der Waals surface area contributed by atoms with E-state index in [4.69, 9.17) is 0 Å². The second kappa shape index (κ2) is 5.58. The van der Waals surface area contributed by atoms with Crippen molar-refractivity contribution in [3.63, 3.8) is 0 Å². The van der Waals surface area contributed by atoms with Gasteiger partial charge in [-0.1, -0.05) is 30.3 Å². The molecule has 0 radical (unpaired) electrons. The fraction of sp³-hybridized carbons (Fsp3) is 0.250. The first-order valence-corrected chi connectivity index (χ1v) is 8.37. The molecule has 0 amide bonds. The molecule has 1 atom stereocenters. The van der Waals surface area contributed by atoms with Crippen LogP contribution in [0.4, 0.5) is 4.39 Å². The first-order valence-electron chi connectivity index (χ1n) is 6.89. The molecular weight excluding hydrogens is 289 g/mol. The molecule has 110 valence electrons. The molecule has 0 spiro atoms. The normalized spacial score (nSPS) is 16.6. The van der Waals surface area contributed by atoms with Gasteiger partial charge in [0.1, 0.15) is 5.82 Å². The maximum atomic E-state index is 13.0. The highest BCUT2D eigenvalue weighted by molar-refractivity contribution is 7.89. The number of halogens is 1. The van der Waals surface area contributed by atoms with Gasteiger partial charge in [0, 0.05) is 6.04 Å². The molecule has 2 aromatic carbocycles. The van der Waals surface area contributed by atoms with Gasteiger partial charge in [-0.3, -0.25) is 0 Å². The van der Waals surface area contributed by atoms with Gasteiger partial charge in [0.05, 0.1) is 4.90 Å². The zero-order chi connectivity index (χ0) is 14.9. The third-order valence-electron chi connectivity index (χ3n) is 3.66.